The molecule has 0 unspecified atom stereocenters. The van der Waals surface area contributed by atoms with Crippen LogP contribution in [-0.4, -0.2) is 27.2 Å². The molecule has 2 aromatic heterocycles. The number of carbonyl (C=O) groups is 1. The Kier molecular flexibility index (Phi) is 3.50. The Hall–Kier alpha value is -2.89. The van der Waals surface area contributed by atoms with Crippen LogP contribution in [0.1, 0.15) is 23.0 Å². The fourth-order valence-electron chi connectivity index (χ4n) is 2.37. The average molecular weight is 297 g/mol. The molecule has 0 aliphatic rings. The standard InChI is InChI=1S/C16H15N3O3/c1-3-22-16(21)14-10(2)18-19-13(20)9-12(17-15(14)19)11-7-5-4-6-8-11/h4-9,17H,3H2,1-2H3. The van der Waals surface area contributed by atoms with Crippen molar-refractivity contribution in [3.63, 3.8) is 0 Å². The normalized spacial score (nSPS) is 10.8. The fourth-order valence-corrected chi connectivity index (χ4v) is 2.37. The molecule has 0 fully saturated rings. The Bertz CT molecular complexity index is 894. The van der Waals surface area contributed by atoms with Crippen LogP contribution in [0.5, 0.6) is 0 Å². The molecule has 0 aliphatic heterocycles. The number of nitrogens with one attached hydrogen (secondary N) is 1. The van der Waals surface area contributed by atoms with Crippen LogP contribution < -0.4 is 5.56 Å². The third kappa shape index (κ3) is 2.28. The number of esters is 1. The quantitative estimate of drug-likeness (QED) is 0.752. The molecule has 3 rings (SSSR count). The van der Waals surface area contributed by atoms with Crippen molar-refractivity contribution in [1.29, 1.82) is 0 Å². The van der Waals surface area contributed by atoms with E-state index in [9.17, 15) is 9.59 Å². The van der Waals surface area contributed by atoms with Gasteiger partial charge in [-0.1, -0.05) is 30.3 Å². The van der Waals surface area contributed by atoms with Gasteiger partial charge in [-0.3, -0.25) is 4.79 Å². The molecule has 0 saturated heterocycles. The van der Waals surface area contributed by atoms with Crippen LogP contribution in [0.15, 0.2) is 41.2 Å². The minimum Gasteiger partial charge on any atom is -0.462 e. The first kappa shape index (κ1) is 14.1. The van der Waals surface area contributed by atoms with E-state index in [1.165, 1.54) is 10.6 Å². The summed E-state index contributed by atoms with van der Waals surface area (Å²) >= 11 is 0. The van der Waals surface area contributed by atoms with Crippen molar-refractivity contribution in [1.82, 2.24) is 14.6 Å². The first-order chi connectivity index (χ1) is 10.6. The van der Waals surface area contributed by atoms with E-state index in [1.54, 1.807) is 13.8 Å². The van der Waals surface area contributed by atoms with Gasteiger partial charge in [-0.25, -0.2) is 4.79 Å². The Morgan fingerprint density at radius 1 is 1.32 bits per heavy atom. The van der Waals surface area contributed by atoms with Gasteiger partial charge in [0.25, 0.3) is 5.56 Å². The lowest BCUT2D eigenvalue weighted by Crippen LogP contribution is -2.15. The van der Waals surface area contributed by atoms with Gasteiger partial charge in [-0.2, -0.15) is 9.61 Å². The van der Waals surface area contributed by atoms with Crippen LogP contribution in [0.2, 0.25) is 0 Å². The van der Waals surface area contributed by atoms with Gasteiger partial charge in [0, 0.05) is 6.07 Å². The molecular weight excluding hydrogens is 282 g/mol. The van der Waals surface area contributed by atoms with Crippen molar-refractivity contribution in [2.45, 2.75) is 13.8 Å². The van der Waals surface area contributed by atoms with Gasteiger partial charge in [-0.15, -0.1) is 0 Å². The van der Waals surface area contributed by atoms with Crippen LogP contribution in [0.25, 0.3) is 16.9 Å². The highest BCUT2D eigenvalue weighted by Crippen LogP contribution is 2.19. The summed E-state index contributed by atoms with van der Waals surface area (Å²) in [6.07, 6.45) is 0. The highest BCUT2D eigenvalue weighted by atomic mass is 16.5. The fraction of sp³-hybridized carbons (Fsp3) is 0.188. The number of benzene rings is 1. The maximum atomic E-state index is 12.2. The van der Waals surface area contributed by atoms with Crippen molar-refractivity contribution in [3.05, 3.63) is 58.0 Å². The number of hydrogen-bond donors (Lipinski definition) is 1. The summed E-state index contributed by atoms with van der Waals surface area (Å²) in [5.41, 5.74) is 2.28. The number of aromatic nitrogens is 3. The SMILES string of the molecule is CCOC(=O)c1c(C)nn2c(=O)cc(-c3ccccc3)[nH]c12. The number of fused-ring (bicyclic) bond motifs is 1. The van der Waals surface area contributed by atoms with E-state index >= 15 is 0 Å². The molecule has 0 radical (unpaired) electrons. The lowest BCUT2D eigenvalue weighted by molar-refractivity contribution is 0.0527. The second-order valence-corrected chi connectivity index (χ2v) is 4.83. The molecule has 0 bridgehead atoms. The van der Waals surface area contributed by atoms with Gasteiger partial charge in [-0.05, 0) is 19.4 Å². The molecule has 0 atom stereocenters. The van der Waals surface area contributed by atoms with Crippen LogP contribution in [-0.2, 0) is 4.74 Å². The summed E-state index contributed by atoms with van der Waals surface area (Å²) in [5.74, 6) is -0.490. The summed E-state index contributed by atoms with van der Waals surface area (Å²) in [6.45, 7) is 3.67. The summed E-state index contributed by atoms with van der Waals surface area (Å²) in [4.78, 5) is 27.5. The van der Waals surface area contributed by atoms with Gasteiger partial charge < -0.3 is 9.72 Å². The molecule has 0 saturated carbocycles. The maximum absolute atomic E-state index is 12.2. The predicted octanol–water partition coefficient (Wildman–Crippen LogP) is 2.17. The molecule has 6 heteroatoms. The number of carbonyl (C=O) groups excluding carboxylic acids is 1. The minimum atomic E-state index is -0.490. The van der Waals surface area contributed by atoms with Crippen molar-refractivity contribution >= 4 is 11.6 Å². The number of rotatable bonds is 3. The van der Waals surface area contributed by atoms with Crippen LogP contribution in [0.3, 0.4) is 0 Å². The van der Waals surface area contributed by atoms with Crippen molar-refractivity contribution in [2.24, 2.45) is 0 Å². The van der Waals surface area contributed by atoms with E-state index in [0.29, 0.717) is 17.0 Å². The Balaban J connectivity index is 2.26. The third-order valence-corrected chi connectivity index (χ3v) is 3.35. The number of aryl methyl sites for hydroxylation is 1. The van der Waals surface area contributed by atoms with Crippen LogP contribution in [0.4, 0.5) is 0 Å². The van der Waals surface area contributed by atoms with E-state index in [4.69, 9.17) is 4.74 Å². The molecule has 0 spiro atoms. The Morgan fingerprint density at radius 3 is 2.73 bits per heavy atom. The Labute approximate surface area is 126 Å². The number of hydrogen-bond acceptors (Lipinski definition) is 4. The third-order valence-electron chi connectivity index (χ3n) is 3.35. The van der Waals surface area contributed by atoms with Crippen LogP contribution >= 0.6 is 0 Å². The molecule has 1 N–H and O–H groups in total. The Morgan fingerprint density at radius 2 is 2.05 bits per heavy atom. The highest BCUT2D eigenvalue weighted by molar-refractivity contribution is 5.97. The van der Waals surface area contributed by atoms with Gasteiger partial charge in [0.15, 0.2) is 5.65 Å². The lowest BCUT2D eigenvalue weighted by Gasteiger charge is -2.04. The number of aromatic amines is 1. The average Bonchev–Trinajstić information content (AvgIpc) is 2.85. The summed E-state index contributed by atoms with van der Waals surface area (Å²) < 4.78 is 6.23. The molecule has 1 aromatic carbocycles. The second kappa shape index (κ2) is 5.48. The van der Waals surface area contributed by atoms with Crippen molar-refractivity contribution in [3.8, 4) is 11.3 Å². The molecule has 6 nitrogen and oxygen atoms in total. The number of H-pyrrole nitrogens is 1. The molecule has 22 heavy (non-hydrogen) atoms. The molecule has 3 aromatic rings. The van der Waals surface area contributed by atoms with Gasteiger partial charge in [0.05, 0.1) is 18.0 Å². The molecule has 112 valence electrons. The van der Waals surface area contributed by atoms with E-state index in [-0.39, 0.29) is 17.7 Å². The summed E-state index contributed by atoms with van der Waals surface area (Å²) in [6, 6.07) is 10.9. The predicted molar refractivity (Wildman–Crippen MR) is 81.9 cm³/mol. The molecular formula is C16H15N3O3. The smallest absolute Gasteiger partial charge is 0.343 e. The zero-order valence-electron chi connectivity index (χ0n) is 12.3. The number of nitrogens with zero attached hydrogens (tertiary/aromatic N) is 2. The molecule has 2 heterocycles. The van der Waals surface area contributed by atoms with E-state index in [2.05, 4.69) is 10.1 Å². The first-order valence-electron chi connectivity index (χ1n) is 6.97. The van der Waals surface area contributed by atoms with E-state index < -0.39 is 5.97 Å². The summed E-state index contributed by atoms with van der Waals surface area (Å²) in [7, 11) is 0. The zero-order valence-corrected chi connectivity index (χ0v) is 12.3. The monoisotopic (exact) mass is 297 g/mol. The highest BCUT2D eigenvalue weighted by Gasteiger charge is 2.20. The topological polar surface area (TPSA) is 76.5 Å². The first-order valence-corrected chi connectivity index (χ1v) is 6.97. The molecule has 0 aliphatic carbocycles. The second-order valence-electron chi connectivity index (χ2n) is 4.83. The summed E-state index contributed by atoms with van der Waals surface area (Å²) in [5, 5.41) is 4.12. The van der Waals surface area contributed by atoms with Gasteiger partial charge in [0.1, 0.15) is 5.56 Å². The van der Waals surface area contributed by atoms with Crippen molar-refractivity contribution in [2.75, 3.05) is 6.61 Å². The van der Waals surface area contributed by atoms with Crippen LogP contribution in [0, 0.1) is 6.92 Å². The van der Waals surface area contributed by atoms with E-state index in [0.717, 1.165) is 5.56 Å². The molecule has 0 amide bonds. The van der Waals surface area contributed by atoms with E-state index in [1.807, 2.05) is 30.3 Å². The van der Waals surface area contributed by atoms with Crippen molar-refractivity contribution < 1.29 is 9.53 Å². The zero-order chi connectivity index (χ0) is 15.7. The van der Waals surface area contributed by atoms with Gasteiger partial charge >= 0.3 is 5.97 Å². The van der Waals surface area contributed by atoms with Gasteiger partial charge in [0.2, 0.25) is 0 Å². The lowest BCUT2D eigenvalue weighted by atomic mass is 10.1. The largest absolute Gasteiger partial charge is 0.462 e. The maximum Gasteiger partial charge on any atom is 0.343 e. The minimum absolute atomic E-state index is 0.262. The number of ether oxygens (including phenoxy) is 1.